The highest BCUT2D eigenvalue weighted by atomic mass is 35.5. The molecule has 1 saturated heterocycles. The summed E-state index contributed by atoms with van der Waals surface area (Å²) >= 11 is 0. The van der Waals surface area contributed by atoms with Gasteiger partial charge in [0.25, 0.3) is 0 Å². The number of carbonyl (C=O) groups is 1. The molecule has 0 aromatic heterocycles. The SMILES string of the molecule is COC(=O)[C@H]1CN[C@H](C)CN1.Cl.Cl. The molecule has 1 rings (SSSR count). The van der Waals surface area contributed by atoms with Gasteiger partial charge in [-0.25, -0.2) is 0 Å². The molecule has 80 valence electrons. The van der Waals surface area contributed by atoms with Crippen LogP contribution in [0.3, 0.4) is 0 Å². The van der Waals surface area contributed by atoms with Crippen LogP contribution in [0.5, 0.6) is 0 Å². The van der Waals surface area contributed by atoms with Crippen LogP contribution in [0.25, 0.3) is 0 Å². The Labute approximate surface area is 90.6 Å². The van der Waals surface area contributed by atoms with Gasteiger partial charge >= 0.3 is 5.97 Å². The molecule has 0 spiro atoms. The van der Waals surface area contributed by atoms with Gasteiger partial charge in [0.05, 0.1) is 7.11 Å². The van der Waals surface area contributed by atoms with Crippen LogP contribution in [0.15, 0.2) is 0 Å². The predicted octanol–water partition coefficient (Wildman–Crippen LogP) is -0.0471. The molecule has 0 aliphatic carbocycles. The molecule has 1 aliphatic rings. The van der Waals surface area contributed by atoms with Crippen LogP contribution in [-0.4, -0.2) is 38.3 Å². The molecule has 13 heavy (non-hydrogen) atoms. The molecule has 1 fully saturated rings. The fourth-order valence-electron chi connectivity index (χ4n) is 1.09. The summed E-state index contributed by atoms with van der Waals surface area (Å²) in [6, 6.07) is 0.270. The molecule has 0 aromatic rings. The number of piperazine rings is 1. The highest BCUT2D eigenvalue weighted by Gasteiger charge is 2.23. The lowest BCUT2D eigenvalue weighted by atomic mass is 10.2. The van der Waals surface area contributed by atoms with Crippen molar-refractivity contribution in [3.63, 3.8) is 0 Å². The normalized spacial score (nSPS) is 26.6. The predicted molar refractivity (Wildman–Crippen MR) is 55.8 cm³/mol. The molecule has 0 amide bonds. The van der Waals surface area contributed by atoms with Crippen molar-refractivity contribution in [2.24, 2.45) is 0 Å². The van der Waals surface area contributed by atoms with Gasteiger partial charge in [0.2, 0.25) is 0 Å². The number of rotatable bonds is 1. The first-order valence-electron chi connectivity index (χ1n) is 3.78. The van der Waals surface area contributed by atoms with Gasteiger partial charge in [-0.1, -0.05) is 0 Å². The van der Waals surface area contributed by atoms with Gasteiger partial charge < -0.3 is 15.4 Å². The minimum absolute atomic E-state index is 0. The summed E-state index contributed by atoms with van der Waals surface area (Å²) in [6.07, 6.45) is 0. The number of methoxy groups -OCH3 is 1. The van der Waals surface area contributed by atoms with Gasteiger partial charge in [-0.05, 0) is 6.92 Å². The average Bonchev–Trinajstić information content (AvgIpc) is 2.05. The summed E-state index contributed by atoms with van der Waals surface area (Å²) in [4.78, 5) is 10.9. The van der Waals surface area contributed by atoms with Crippen LogP contribution in [0, 0.1) is 0 Å². The Morgan fingerprint density at radius 2 is 1.92 bits per heavy atom. The summed E-state index contributed by atoms with van der Waals surface area (Å²) in [5.74, 6) is -0.190. The van der Waals surface area contributed by atoms with E-state index in [0.717, 1.165) is 6.54 Å². The second kappa shape index (κ2) is 7.38. The Morgan fingerprint density at radius 1 is 1.31 bits per heavy atom. The first-order valence-corrected chi connectivity index (χ1v) is 3.78. The molecular formula is C7H16Cl2N2O2. The van der Waals surface area contributed by atoms with Gasteiger partial charge in [-0.3, -0.25) is 4.79 Å². The summed E-state index contributed by atoms with van der Waals surface area (Å²) < 4.78 is 4.58. The molecule has 0 bridgehead atoms. The fraction of sp³-hybridized carbons (Fsp3) is 0.857. The third-order valence-corrected chi connectivity index (χ3v) is 1.83. The monoisotopic (exact) mass is 230 g/mol. The highest BCUT2D eigenvalue weighted by molar-refractivity contribution is 5.85. The van der Waals surface area contributed by atoms with Crippen molar-refractivity contribution in [3.05, 3.63) is 0 Å². The highest BCUT2D eigenvalue weighted by Crippen LogP contribution is 1.94. The second-order valence-corrected chi connectivity index (χ2v) is 2.79. The van der Waals surface area contributed by atoms with Gasteiger partial charge in [0.1, 0.15) is 6.04 Å². The summed E-state index contributed by atoms with van der Waals surface area (Å²) in [7, 11) is 1.40. The first kappa shape index (κ1) is 15.4. The number of carbonyl (C=O) groups excluding carboxylic acids is 1. The molecule has 6 heteroatoms. The Bertz CT molecular complexity index is 149. The zero-order valence-electron chi connectivity index (χ0n) is 7.70. The number of halogens is 2. The Morgan fingerprint density at radius 3 is 2.31 bits per heavy atom. The smallest absolute Gasteiger partial charge is 0.324 e. The van der Waals surface area contributed by atoms with E-state index >= 15 is 0 Å². The summed E-state index contributed by atoms with van der Waals surface area (Å²) in [5.41, 5.74) is 0. The van der Waals surface area contributed by atoms with Crippen molar-refractivity contribution in [2.75, 3.05) is 20.2 Å². The van der Waals surface area contributed by atoms with E-state index in [4.69, 9.17) is 0 Å². The van der Waals surface area contributed by atoms with Crippen LogP contribution in [0.4, 0.5) is 0 Å². The van der Waals surface area contributed by atoms with E-state index in [0.29, 0.717) is 12.6 Å². The van der Waals surface area contributed by atoms with Crippen LogP contribution >= 0.6 is 24.8 Å². The maximum atomic E-state index is 10.9. The zero-order valence-corrected chi connectivity index (χ0v) is 9.33. The molecule has 2 N–H and O–H groups in total. The number of ether oxygens (including phenoxy) is 1. The van der Waals surface area contributed by atoms with E-state index in [2.05, 4.69) is 22.3 Å². The van der Waals surface area contributed by atoms with Gasteiger partial charge in [0, 0.05) is 19.1 Å². The van der Waals surface area contributed by atoms with E-state index in [9.17, 15) is 4.79 Å². The molecule has 0 aromatic carbocycles. The van der Waals surface area contributed by atoms with Crippen molar-refractivity contribution in [1.29, 1.82) is 0 Å². The summed E-state index contributed by atoms with van der Waals surface area (Å²) in [5, 5.41) is 6.27. The largest absolute Gasteiger partial charge is 0.468 e. The van der Waals surface area contributed by atoms with E-state index in [1.165, 1.54) is 7.11 Å². The lowest BCUT2D eigenvalue weighted by Crippen LogP contribution is -2.56. The maximum Gasteiger partial charge on any atom is 0.324 e. The third kappa shape index (κ3) is 4.67. The molecular weight excluding hydrogens is 215 g/mol. The van der Waals surface area contributed by atoms with Crippen molar-refractivity contribution in [3.8, 4) is 0 Å². The Balaban J connectivity index is 0. The van der Waals surface area contributed by atoms with Crippen LogP contribution in [-0.2, 0) is 9.53 Å². The molecule has 0 unspecified atom stereocenters. The maximum absolute atomic E-state index is 10.9. The lowest BCUT2D eigenvalue weighted by molar-refractivity contribution is -0.143. The van der Waals surface area contributed by atoms with Gasteiger partial charge in [-0.15, -0.1) is 24.8 Å². The fourth-order valence-corrected chi connectivity index (χ4v) is 1.09. The minimum atomic E-state index is -0.190. The van der Waals surface area contributed by atoms with E-state index in [-0.39, 0.29) is 36.8 Å². The van der Waals surface area contributed by atoms with E-state index in [1.54, 1.807) is 0 Å². The molecule has 1 aliphatic heterocycles. The van der Waals surface area contributed by atoms with Gasteiger partial charge in [-0.2, -0.15) is 0 Å². The standard InChI is InChI=1S/C7H14N2O2.2ClH/c1-5-3-9-6(4-8-5)7(10)11-2;;/h5-6,8-9H,3-4H2,1-2H3;2*1H/t5-,6-;;/m1../s1. The topological polar surface area (TPSA) is 50.4 Å². The number of hydrogen-bond acceptors (Lipinski definition) is 4. The van der Waals surface area contributed by atoms with E-state index < -0.39 is 0 Å². The van der Waals surface area contributed by atoms with Crippen LogP contribution in [0.2, 0.25) is 0 Å². The molecule has 0 saturated carbocycles. The molecule has 1 heterocycles. The molecule has 2 atom stereocenters. The van der Waals surface area contributed by atoms with Crippen molar-refractivity contribution >= 4 is 30.8 Å². The number of nitrogens with one attached hydrogen (secondary N) is 2. The van der Waals surface area contributed by atoms with Crippen molar-refractivity contribution < 1.29 is 9.53 Å². The second-order valence-electron chi connectivity index (χ2n) is 2.79. The minimum Gasteiger partial charge on any atom is -0.468 e. The Hall–Kier alpha value is -0.0300. The van der Waals surface area contributed by atoms with E-state index in [1.807, 2.05) is 0 Å². The number of esters is 1. The summed E-state index contributed by atoms with van der Waals surface area (Å²) in [6.45, 7) is 3.55. The van der Waals surface area contributed by atoms with Crippen molar-refractivity contribution in [1.82, 2.24) is 10.6 Å². The lowest BCUT2D eigenvalue weighted by Gasteiger charge is -2.26. The number of hydrogen-bond donors (Lipinski definition) is 2. The quantitative estimate of drug-likeness (QED) is 0.621. The zero-order chi connectivity index (χ0) is 8.27. The van der Waals surface area contributed by atoms with Crippen LogP contribution in [0.1, 0.15) is 6.92 Å². The van der Waals surface area contributed by atoms with Crippen molar-refractivity contribution in [2.45, 2.75) is 19.0 Å². The Kier molecular flexibility index (Phi) is 8.77. The third-order valence-electron chi connectivity index (χ3n) is 1.83. The molecule has 0 radical (unpaired) electrons. The average molecular weight is 231 g/mol. The molecule has 4 nitrogen and oxygen atoms in total. The first-order chi connectivity index (χ1) is 5.24. The van der Waals surface area contributed by atoms with Crippen LogP contribution < -0.4 is 10.6 Å². The van der Waals surface area contributed by atoms with Gasteiger partial charge in [0.15, 0.2) is 0 Å².